The van der Waals surface area contributed by atoms with E-state index in [2.05, 4.69) is 5.16 Å². The molecule has 2 aromatic carbocycles. The number of hydrogen-bond donors (Lipinski definition) is 0. The molecule has 0 N–H and O–H groups in total. The normalized spacial score (nSPS) is 10.5. The average Bonchev–Trinajstić information content (AvgIpc) is 2.96. The Hall–Kier alpha value is -3.02. The van der Waals surface area contributed by atoms with Crippen LogP contribution in [0.3, 0.4) is 0 Å². The summed E-state index contributed by atoms with van der Waals surface area (Å²) in [5.41, 5.74) is 1.70. The van der Waals surface area contributed by atoms with Gasteiger partial charge in [-0.05, 0) is 23.8 Å². The molecule has 0 aliphatic rings. The highest BCUT2D eigenvalue weighted by atomic mass is 16.5. The van der Waals surface area contributed by atoms with Crippen LogP contribution in [-0.2, 0) is 6.54 Å². The molecule has 0 unspecified atom stereocenters. The monoisotopic (exact) mass is 312 g/mol. The second kappa shape index (κ2) is 6.39. The molecular formula is C17H16N2O4. The van der Waals surface area contributed by atoms with E-state index in [1.807, 2.05) is 30.3 Å². The number of benzene rings is 2. The lowest BCUT2D eigenvalue weighted by Gasteiger charge is -2.09. The Balaban J connectivity index is 2.03. The van der Waals surface area contributed by atoms with Crippen molar-refractivity contribution in [2.75, 3.05) is 14.2 Å². The van der Waals surface area contributed by atoms with E-state index in [1.165, 1.54) is 4.57 Å². The van der Waals surface area contributed by atoms with Crippen LogP contribution in [0.2, 0.25) is 0 Å². The number of hydrogen-bond acceptors (Lipinski definition) is 5. The summed E-state index contributed by atoms with van der Waals surface area (Å²) in [4.78, 5) is 12.0. The van der Waals surface area contributed by atoms with Gasteiger partial charge in [0.1, 0.15) is 0 Å². The van der Waals surface area contributed by atoms with Gasteiger partial charge in [0, 0.05) is 5.56 Å². The van der Waals surface area contributed by atoms with Crippen LogP contribution in [0.1, 0.15) is 5.56 Å². The van der Waals surface area contributed by atoms with Gasteiger partial charge in [0.25, 0.3) is 0 Å². The maximum absolute atomic E-state index is 12.0. The van der Waals surface area contributed by atoms with Crippen molar-refractivity contribution in [2.24, 2.45) is 0 Å². The zero-order valence-corrected chi connectivity index (χ0v) is 12.9. The second-order valence-electron chi connectivity index (χ2n) is 4.91. The Bertz CT molecular complexity index is 853. The highest BCUT2D eigenvalue weighted by Crippen LogP contribution is 2.31. The summed E-state index contributed by atoms with van der Waals surface area (Å²) in [6.07, 6.45) is 0. The molecule has 0 spiro atoms. The predicted molar refractivity (Wildman–Crippen MR) is 84.8 cm³/mol. The van der Waals surface area contributed by atoms with Crippen molar-refractivity contribution in [2.45, 2.75) is 6.54 Å². The molecule has 3 rings (SSSR count). The molecule has 0 amide bonds. The molecule has 0 aliphatic heterocycles. The summed E-state index contributed by atoms with van der Waals surface area (Å²) in [7, 11) is 3.13. The van der Waals surface area contributed by atoms with Crippen molar-refractivity contribution in [1.29, 1.82) is 0 Å². The van der Waals surface area contributed by atoms with Crippen LogP contribution in [-0.4, -0.2) is 23.9 Å². The van der Waals surface area contributed by atoms with Gasteiger partial charge >= 0.3 is 5.76 Å². The molecule has 1 heterocycles. The lowest BCUT2D eigenvalue weighted by molar-refractivity contribution is 0.355. The summed E-state index contributed by atoms with van der Waals surface area (Å²) in [5.74, 6) is 1.11. The molecule has 0 radical (unpaired) electrons. The zero-order chi connectivity index (χ0) is 16.2. The smallest absolute Gasteiger partial charge is 0.442 e. The first kappa shape index (κ1) is 14.9. The molecule has 0 bridgehead atoms. The van der Waals surface area contributed by atoms with Crippen LogP contribution in [0.4, 0.5) is 0 Å². The minimum Gasteiger partial charge on any atom is -0.493 e. The van der Waals surface area contributed by atoms with Crippen LogP contribution in [0.5, 0.6) is 11.5 Å². The number of methoxy groups -OCH3 is 2. The van der Waals surface area contributed by atoms with Gasteiger partial charge in [0.2, 0.25) is 0 Å². The first-order valence-electron chi connectivity index (χ1n) is 7.05. The van der Waals surface area contributed by atoms with Gasteiger partial charge in [-0.2, -0.15) is 0 Å². The fraction of sp³-hybridized carbons (Fsp3) is 0.176. The summed E-state index contributed by atoms with van der Waals surface area (Å²) in [6.45, 7) is 0.382. The number of aromatic nitrogens is 2. The summed E-state index contributed by atoms with van der Waals surface area (Å²) in [6, 6.07) is 15.0. The van der Waals surface area contributed by atoms with E-state index in [0.717, 1.165) is 5.56 Å². The molecular weight excluding hydrogens is 296 g/mol. The zero-order valence-electron chi connectivity index (χ0n) is 12.9. The largest absolute Gasteiger partial charge is 0.493 e. The SMILES string of the molecule is COc1ccc(-c2noc(=O)n2Cc2ccccc2)cc1OC. The van der Waals surface area contributed by atoms with Crippen molar-refractivity contribution >= 4 is 0 Å². The van der Waals surface area contributed by atoms with Crippen LogP contribution in [0.15, 0.2) is 57.8 Å². The van der Waals surface area contributed by atoms with Gasteiger partial charge in [-0.15, -0.1) is 0 Å². The summed E-state index contributed by atoms with van der Waals surface area (Å²) in [5, 5.41) is 3.89. The van der Waals surface area contributed by atoms with E-state index >= 15 is 0 Å². The predicted octanol–water partition coefficient (Wildman–Crippen LogP) is 2.57. The Morgan fingerprint density at radius 1 is 1.04 bits per heavy atom. The minimum absolute atomic E-state index is 0.382. The van der Waals surface area contributed by atoms with Gasteiger partial charge in [-0.25, -0.2) is 4.79 Å². The molecule has 0 saturated heterocycles. The fourth-order valence-corrected chi connectivity index (χ4v) is 2.36. The number of rotatable bonds is 5. The quantitative estimate of drug-likeness (QED) is 0.724. The van der Waals surface area contributed by atoms with E-state index in [0.29, 0.717) is 29.4 Å². The third kappa shape index (κ3) is 2.96. The molecule has 0 aliphatic carbocycles. The molecule has 0 fully saturated rings. The first-order chi connectivity index (χ1) is 11.2. The van der Waals surface area contributed by atoms with Gasteiger partial charge in [-0.1, -0.05) is 35.5 Å². The Morgan fingerprint density at radius 2 is 1.78 bits per heavy atom. The molecule has 3 aromatic rings. The highest BCUT2D eigenvalue weighted by molar-refractivity contribution is 5.61. The van der Waals surface area contributed by atoms with Crippen LogP contribution in [0.25, 0.3) is 11.4 Å². The molecule has 6 heteroatoms. The maximum Gasteiger partial charge on any atom is 0.442 e. The summed E-state index contributed by atoms with van der Waals surface area (Å²) < 4.78 is 16.8. The molecule has 23 heavy (non-hydrogen) atoms. The number of ether oxygens (including phenoxy) is 2. The summed E-state index contributed by atoms with van der Waals surface area (Å²) >= 11 is 0. The van der Waals surface area contributed by atoms with Crippen LogP contribution < -0.4 is 15.2 Å². The van der Waals surface area contributed by atoms with E-state index in [-0.39, 0.29) is 0 Å². The van der Waals surface area contributed by atoms with Gasteiger partial charge in [-0.3, -0.25) is 9.09 Å². The first-order valence-corrected chi connectivity index (χ1v) is 7.05. The van der Waals surface area contributed by atoms with E-state index in [1.54, 1.807) is 32.4 Å². The van der Waals surface area contributed by atoms with E-state index < -0.39 is 5.76 Å². The van der Waals surface area contributed by atoms with Crippen molar-refractivity contribution < 1.29 is 14.0 Å². The van der Waals surface area contributed by atoms with Crippen LogP contribution >= 0.6 is 0 Å². The lowest BCUT2D eigenvalue weighted by atomic mass is 10.1. The molecule has 6 nitrogen and oxygen atoms in total. The van der Waals surface area contributed by atoms with Crippen LogP contribution in [0, 0.1) is 0 Å². The van der Waals surface area contributed by atoms with Crippen molar-refractivity contribution in [3.8, 4) is 22.9 Å². The minimum atomic E-state index is -0.501. The van der Waals surface area contributed by atoms with Crippen molar-refractivity contribution in [3.05, 3.63) is 64.6 Å². The fourth-order valence-electron chi connectivity index (χ4n) is 2.36. The van der Waals surface area contributed by atoms with E-state index in [9.17, 15) is 4.79 Å². The van der Waals surface area contributed by atoms with Gasteiger partial charge < -0.3 is 9.47 Å². The van der Waals surface area contributed by atoms with E-state index in [4.69, 9.17) is 14.0 Å². The molecule has 118 valence electrons. The maximum atomic E-state index is 12.0. The van der Waals surface area contributed by atoms with Crippen molar-refractivity contribution in [1.82, 2.24) is 9.72 Å². The Kier molecular flexibility index (Phi) is 4.14. The highest BCUT2D eigenvalue weighted by Gasteiger charge is 2.15. The third-order valence-corrected chi connectivity index (χ3v) is 3.51. The average molecular weight is 312 g/mol. The molecule has 0 atom stereocenters. The standard InChI is InChI=1S/C17H16N2O4/c1-21-14-9-8-13(10-15(14)22-2)16-18-23-17(20)19(16)11-12-6-4-3-5-7-12/h3-10H,11H2,1-2H3. The molecule has 0 saturated carbocycles. The van der Waals surface area contributed by atoms with Crippen molar-refractivity contribution in [3.63, 3.8) is 0 Å². The molecule has 1 aromatic heterocycles. The van der Waals surface area contributed by atoms with Gasteiger partial charge in [0.05, 0.1) is 20.8 Å². The third-order valence-electron chi connectivity index (χ3n) is 3.51. The van der Waals surface area contributed by atoms with Gasteiger partial charge in [0.15, 0.2) is 17.3 Å². The Labute approximate surface area is 132 Å². The topological polar surface area (TPSA) is 66.5 Å². The Morgan fingerprint density at radius 3 is 2.48 bits per heavy atom. The second-order valence-corrected chi connectivity index (χ2v) is 4.91. The lowest BCUT2D eigenvalue weighted by Crippen LogP contribution is -2.16. The number of nitrogens with zero attached hydrogens (tertiary/aromatic N) is 2.